The Balaban J connectivity index is -0.0000000369. The average molecular weight is 330 g/mol. The van der Waals surface area contributed by atoms with E-state index in [0.29, 0.717) is 26.1 Å². The van der Waals surface area contributed by atoms with Gasteiger partial charge in [-0.05, 0) is 12.8 Å². The van der Waals surface area contributed by atoms with E-state index in [0.717, 1.165) is 12.8 Å². The van der Waals surface area contributed by atoms with E-state index in [1.54, 1.807) is 0 Å². The van der Waals surface area contributed by atoms with Gasteiger partial charge in [-0.15, -0.1) is 0 Å². The molecule has 0 aliphatic heterocycles. The van der Waals surface area contributed by atoms with Crippen LogP contribution in [-0.4, -0.2) is 46.9 Å². The standard InChI is InChI=1S/2C3H8O.2C3H7O.Zr/c4*1-2-3-4;/h2*4H,2-3H2,1H3;2*4H,1-3H2;/q;;2*-1;+2. The molecule has 0 saturated carbocycles. The van der Waals surface area contributed by atoms with Gasteiger partial charge in [0.25, 0.3) is 0 Å². The molecule has 0 rings (SSSR count). The molecule has 5 heteroatoms. The maximum atomic E-state index is 7.88. The molecule has 0 aliphatic carbocycles. The Bertz CT molecular complexity index is 42.5. The normalized spacial score (nSPS) is 7.06. The van der Waals surface area contributed by atoms with Crippen molar-refractivity contribution in [2.75, 3.05) is 26.4 Å². The third kappa shape index (κ3) is 163. The van der Waals surface area contributed by atoms with Gasteiger partial charge in [-0.25, -0.2) is 0 Å². The first-order valence-corrected chi connectivity index (χ1v) is 5.68. The summed E-state index contributed by atoms with van der Waals surface area (Å²) in [5.74, 6) is 0. The molecule has 4 nitrogen and oxygen atoms in total. The molecule has 0 radical (unpaired) electrons. The molecule has 0 aromatic heterocycles. The molecule has 0 atom stereocenters. The summed E-state index contributed by atoms with van der Waals surface area (Å²) in [5, 5.41) is 31.4. The van der Waals surface area contributed by atoms with Crippen LogP contribution in [0.1, 0.15) is 39.5 Å². The van der Waals surface area contributed by atoms with E-state index < -0.39 is 0 Å². The Morgan fingerprint density at radius 3 is 0.765 bits per heavy atom. The number of hydrogen-bond acceptors (Lipinski definition) is 4. The molecule has 17 heavy (non-hydrogen) atoms. The van der Waals surface area contributed by atoms with E-state index in [9.17, 15) is 0 Å². The molecule has 0 aromatic carbocycles. The molecule has 0 bridgehead atoms. The predicted octanol–water partition coefficient (Wildman–Crippen LogP) is 1.18. The van der Waals surface area contributed by atoms with E-state index in [2.05, 4.69) is 13.8 Å². The fourth-order valence-corrected chi connectivity index (χ4v) is 0. The van der Waals surface area contributed by atoms with Gasteiger partial charge >= 0.3 is 26.2 Å². The fraction of sp³-hybridized carbons (Fsp3) is 0.833. The smallest absolute Gasteiger partial charge is 0.399 e. The molecule has 0 aliphatic rings. The Labute approximate surface area is 126 Å². The van der Waals surface area contributed by atoms with E-state index in [1.807, 2.05) is 13.8 Å². The largest absolute Gasteiger partial charge is 2.00 e. The molecule has 0 amide bonds. The second-order valence-corrected chi connectivity index (χ2v) is 2.60. The van der Waals surface area contributed by atoms with E-state index in [4.69, 9.17) is 20.4 Å². The van der Waals surface area contributed by atoms with E-state index in [-0.39, 0.29) is 39.4 Å². The van der Waals surface area contributed by atoms with Crippen LogP contribution in [0.2, 0.25) is 0 Å². The molecule has 0 heterocycles. The molecular formula is C12H30O4Zr. The van der Waals surface area contributed by atoms with Gasteiger partial charge in [-0.2, -0.15) is 12.8 Å². The third-order valence-corrected chi connectivity index (χ3v) is 0.763. The van der Waals surface area contributed by atoms with Crippen molar-refractivity contribution >= 4 is 0 Å². The van der Waals surface area contributed by atoms with Crippen molar-refractivity contribution in [2.45, 2.75) is 39.5 Å². The van der Waals surface area contributed by atoms with Crippen molar-refractivity contribution in [2.24, 2.45) is 0 Å². The SMILES string of the molecule is CCCO.CCCO.[CH2-]CCO.[CH2-]CCO.[Zr+2]. The second kappa shape index (κ2) is 54.3. The molecule has 0 aromatic rings. The quantitative estimate of drug-likeness (QED) is 0.584. The first-order valence-electron chi connectivity index (χ1n) is 5.68. The molecule has 4 N–H and O–H groups in total. The van der Waals surface area contributed by atoms with Gasteiger partial charge < -0.3 is 34.3 Å². The Morgan fingerprint density at radius 1 is 0.647 bits per heavy atom. The molecule has 0 unspecified atom stereocenters. The van der Waals surface area contributed by atoms with Gasteiger partial charge in [0.2, 0.25) is 0 Å². The van der Waals surface area contributed by atoms with Gasteiger partial charge in [0.1, 0.15) is 0 Å². The van der Waals surface area contributed by atoms with Crippen molar-refractivity contribution in [1.29, 1.82) is 0 Å². The third-order valence-electron chi connectivity index (χ3n) is 0.763. The second-order valence-electron chi connectivity index (χ2n) is 2.60. The van der Waals surface area contributed by atoms with Gasteiger partial charge in [0, 0.05) is 26.4 Å². The summed E-state index contributed by atoms with van der Waals surface area (Å²) in [5.41, 5.74) is 0. The fourth-order valence-electron chi connectivity index (χ4n) is 0. The van der Waals surface area contributed by atoms with E-state index in [1.165, 1.54) is 0 Å². The van der Waals surface area contributed by atoms with Crippen molar-refractivity contribution in [3.63, 3.8) is 0 Å². The minimum absolute atomic E-state index is 0. The van der Waals surface area contributed by atoms with Crippen LogP contribution in [0.5, 0.6) is 0 Å². The van der Waals surface area contributed by atoms with E-state index >= 15 is 0 Å². The summed E-state index contributed by atoms with van der Waals surface area (Å²) >= 11 is 0. The summed E-state index contributed by atoms with van der Waals surface area (Å²) in [6.45, 7) is 11.6. The van der Waals surface area contributed by atoms with Crippen LogP contribution >= 0.6 is 0 Å². The first-order chi connectivity index (χ1) is 7.66. The molecule has 0 saturated heterocycles. The molecular weight excluding hydrogens is 299 g/mol. The summed E-state index contributed by atoms with van der Waals surface area (Å²) in [4.78, 5) is 0. The topological polar surface area (TPSA) is 80.9 Å². The van der Waals surface area contributed by atoms with Crippen LogP contribution in [0, 0.1) is 13.8 Å². The van der Waals surface area contributed by atoms with Gasteiger partial charge in [-0.1, -0.05) is 13.8 Å². The average Bonchev–Trinajstić information content (AvgIpc) is 2.39. The van der Waals surface area contributed by atoms with Crippen molar-refractivity contribution in [1.82, 2.24) is 0 Å². The van der Waals surface area contributed by atoms with Crippen molar-refractivity contribution in [3.8, 4) is 0 Å². The maximum absolute atomic E-state index is 7.88. The predicted molar refractivity (Wildman–Crippen MR) is 68.9 cm³/mol. The van der Waals surface area contributed by atoms with Crippen LogP contribution in [0.4, 0.5) is 0 Å². The monoisotopic (exact) mass is 328 g/mol. The maximum Gasteiger partial charge on any atom is 2.00 e. The Kier molecular flexibility index (Phi) is 97.9. The van der Waals surface area contributed by atoms with Gasteiger partial charge in [-0.3, -0.25) is 0 Å². The Hall–Kier alpha value is 0.723. The van der Waals surface area contributed by atoms with Crippen LogP contribution < -0.4 is 0 Å². The molecule has 106 valence electrons. The minimum atomic E-state index is 0. The van der Waals surface area contributed by atoms with Crippen LogP contribution in [0.3, 0.4) is 0 Å². The van der Waals surface area contributed by atoms with Crippen molar-refractivity contribution in [3.05, 3.63) is 13.8 Å². The summed E-state index contributed by atoms with van der Waals surface area (Å²) in [6, 6.07) is 0. The first kappa shape index (κ1) is 30.6. The zero-order valence-corrected chi connectivity index (χ0v) is 13.8. The zero-order chi connectivity index (χ0) is 13.7. The summed E-state index contributed by atoms with van der Waals surface area (Å²) in [6.07, 6.45) is 3.00. The van der Waals surface area contributed by atoms with Crippen LogP contribution in [-0.2, 0) is 26.2 Å². The summed E-state index contributed by atoms with van der Waals surface area (Å²) < 4.78 is 0. The summed E-state index contributed by atoms with van der Waals surface area (Å²) in [7, 11) is 0. The number of hydrogen-bond donors (Lipinski definition) is 4. The molecule has 0 spiro atoms. The van der Waals surface area contributed by atoms with Crippen LogP contribution in [0.25, 0.3) is 0 Å². The van der Waals surface area contributed by atoms with Crippen molar-refractivity contribution < 1.29 is 46.6 Å². The zero-order valence-electron chi connectivity index (χ0n) is 11.4. The number of aliphatic hydroxyl groups is 4. The number of rotatable bonds is 4. The molecule has 0 fully saturated rings. The minimum Gasteiger partial charge on any atom is -0.399 e. The van der Waals surface area contributed by atoms with Gasteiger partial charge in [0.05, 0.1) is 0 Å². The Morgan fingerprint density at radius 2 is 0.765 bits per heavy atom. The number of aliphatic hydroxyl groups excluding tert-OH is 4. The van der Waals surface area contributed by atoms with Gasteiger partial charge in [0.15, 0.2) is 0 Å². The van der Waals surface area contributed by atoms with Crippen LogP contribution in [0.15, 0.2) is 0 Å².